The fraction of sp³-hybridized carbons (Fsp3) is 0.0556. The highest BCUT2D eigenvalue weighted by Crippen LogP contribution is 2.28. The van der Waals surface area contributed by atoms with Crippen molar-refractivity contribution in [1.29, 1.82) is 0 Å². The van der Waals surface area contributed by atoms with Gasteiger partial charge in [-0.2, -0.15) is 5.10 Å². The molecule has 0 saturated heterocycles. The maximum Gasteiger partial charge on any atom is 0.224 e. The first-order chi connectivity index (χ1) is 11.8. The number of ether oxygens (including phenoxy) is 1. The normalized spacial score (nSPS) is 10.7. The molecule has 0 spiro atoms. The molecule has 2 heterocycles. The number of aromatic nitrogens is 4. The van der Waals surface area contributed by atoms with E-state index in [2.05, 4.69) is 20.4 Å². The predicted molar refractivity (Wildman–Crippen MR) is 92.9 cm³/mol. The van der Waals surface area contributed by atoms with Gasteiger partial charge in [-0.05, 0) is 36.4 Å². The molecule has 0 aliphatic carbocycles. The van der Waals surface area contributed by atoms with E-state index < -0.39 is 0 Å². The van der Waals surface area contributed by atoms with Gasteiger partial charge in [-0.15, -0.1) is 0 Å². The summed E-state index contributed by atoms with van der Waals surface area (Å²) in [6.45, 7) is 0. The van der Waals surface area contributed by atoms with Gasteiger partial charge >= 0.3 is 0 Å². The molecule has 24 heavy (non-hydrogen) atoms. The number of fused-ring (bicyclic) bond motifs is 1. The number of hydrogen-bond acceptors (Lipinski definition) is 5. The van der Waals surface area contributed by atoms with E-state index in [0.717, 1.165) is 28.0 Å². The first kappa shape index (κ1) is 14.2. The van der Waals surface area contributed by atoms with Crippen molar-refractivity contribution in [2.75, 3.05) is 12.4 Å². The van der Waals surface area contributed by atoms with Gasteiger partial charge in [-0.25, -0.2) is 14.6 Å². The van der Waals surface area contributed by atoms with Crippen molar-refractivity contribution in [1.82, 2.24) is 19.7 Å². The zero-order valence-corrected chi connectivity index (χ0v) is 13.0. The van der Waals surface area contributed by atoms with Crippen molar-refractivity contribution in [3.8, 4) is 11.6 Å². The summed E-state index contributed by atoms with van der Waals surface area (Å²) in [4.78, 5) is 8.42. The van der Waals surface area contributed by atoms with E-state index in [1.807, 2.05) is 59.4 Å². The molecule has 2 aromatic carbocycles. The fourth-order valence-electron chi connectivity index (χ4n) is 2.62. The Balaban J connectivity index is 1.75. The molecule has 0 aliphatic rings. The number of para-hydroxylation sites is 2. The highest BCUT2D eigenvalue weighted by Gasteiger charge is 2.08. The fourth-order valence-corrected chi connectivity index (χ4v) is 2.62. The summed E-state index contributed by atoms with van der Waals surface area (Å²) in [5.74, 6) is 0.559. The lowest BCUT2D eigenvalue weighted by atomic mass is 10.2. The molecule has 0 atom stereocenters. The number of anilines is 2. The Kier molecular flexibility index (Phi) is 3.55. The van der Waals surface area contributed by atoms with Crippen LogP contribution in [0.15, 0.2) is 67.3 Å². The lowest BCUT2D eigenvalue weighted by molar-refractivity contribution is 0.402. The highest BCUT2D eigenvalue weighted by atomic mass is 16.5. The monoisotopic (exact) mass is 317 g/mol. The molecule has 6 nitrogen and oxygen atoms in total. The zero-order chi connectivity index (χ0) is 16.4. The molecule has 118 valence electrons. The van der Waals surface area contributed by atoms with Gasteiger partial charge in [0.2, 0.25) is 5.88 Å². The average Bonchev–Trinajstić information content (AvgIpc) is 3.16. The van der Waals surface area contributed by atoms with Gasteiger partial charge in [0, 0.05) is 18.1 Å². The minimum atomic E-state index is 0.559. The number of rotatable bonds is 4. The second-order valence-electron chi connectivity index (χ2n) is 5.21. The van der Waals surface area contributed by atoms with Crippen LogP contribution in [0.5, 0.6) is 5.88 Å². The molecule has 2 aromatic heterocycles. The summed E-state index contributed by atoms with van der Waals surface area (Å²) in [7, 11) is 1.61. The van der Waals surface area contributed by atoms with E-state index in [9.17, 15) is 0 Å². The topological polar surface area (TPSA) is 64.9 Å². The molecule has 0 unspecified atom stereocenters. The summed E-state index contributed by atoms with van der Waals surface area (Å²) in [5, 5.41) is 8.60. The maximum absolute atomic E-state index is 5.32. The molecule has 6 heteroatoms. The second-order valence-corrected chi connectivity index (χ2v) is 5.21. The number of methoxy groups -OCH3 is 1. The van der Waals surface area contributed by atoms with Gasteiger partial charge in [0.05, 0.1) is 29.4 Å². The molecule has 0 aliphatic heterocycles. The molecule has 4 rings (SSSR count). The Labute approximate surface area is 138 Å². The summed E-state index contributed by atoms with van der Waals surface area (Å²) in [6, 6.07) is 15.8. The van der Waals surface area contributed by atoms with Crippen molar-refractivity contribution < 1.29 is 4.74 Å². The van der Waals surface area contributed by atoms with Crippen molar-refractivity contribution in [2.45, 2.75) is 0 Å². The van der Waals surface area contributed by atoms with Gasteiger partial charge in [0.25, 0.3) is 0 Å². The molecule has 0 radical (unpaired) electrons. The molecule has 1 N–H and O–H groups in total. The quantitative estimate of drug-likeness (QED) is 0.623. The number of nitrogens with one attached hydrogen (secondary N) is 1. The molecule has 4 aromatic rings. The van der Waals surface area contributed by atoms with Crippen LogP contribution >= 0.6 is 0 Å². The summed E-state index contributed by atoms with van der Waals surface area (Å²) in [5.41, 5.74) is 3.69. The van der Waals surface area contributed by atoms with Gasteiger partial charge in [0.15, 0.2) is 0 Å². The minimum absolute atomic E-state index is 0.559. The first-order valence-corrected chi connectivity index (χ1v) is 7.50. The van der Waals surface area contributed by atoms with Crippen LogP contribution < -0.4 is 10.1 Å². The van der Waals surface area contributed by atoms with E-state index in [4.69, 9.17) is 4.74 Å². The second kappa shape index (κ2) is 6.00. The Morgan fingerprint density at radius 3 is 2.79 bits per heavy atom. The third-order valence-corrected chi connectivity index (χ3v) is 3.73. The maximum atomic E-state index is 5.32. The van der Waals surface area contributed by atoms with E-state index in [-0.39, 0.29) is 0 Å². The highest BCUT2D eigenvalue weighted by molar-refractivity contribution is 5.87. The SMILES string of the molecule is COc1ncnc2ccc(Nc3ccccc3-n3cccn3)cc12. The molecule has 0 fully saturated rings. The summed E-state index contributed by atoms with van der Waals surface area (Å²) >= 11 is 0. The Hall–Kier alpha value is -3.41. The largest absolute Gasteiger partial charge is 0.480 e. The van der Waals surface area contributed by atoms with Crippen molar-refractivity contribution in [3.63, 3.8) is 0 Å². The Bertz CT molecular complexity index is 982. The van der Waals surface area contributed by atoms with Crippen LogP contribution in [-0.4, -0.2) is 26.9 Å². The standard InChI is InChI=1S/C18H15N5O/c1-24-18-14-11-13(7-8-15(14)19-12-20-18)22-16-5-2-3-6-17(16)23-10-4-9-21-23/h2-12,22H,1H3. The number of hydrogen-bond donors (Lipinski definition) is 1. The van der Waals surface area contributed by atoms with E-state index >= 15 is 0 Å². The molecular formula is C18H15N5O. The van der Waals surface area contributed by atoms with Crippen LogP contribution in [-0.2, 0) is 0 Å². The van der Waals surface area contributed by atoms with Crippen molar-refractivity contribution in [3.05, 3.63) is 67.3 Å². The van der Waals surface area contributed by atoms with Crippen molar-refractivity contribution in [2.24, 2.45) is 0 Å². The molecule has 0 amide bonds. The van der Waals surface area contributed by atoms with Gasteiger partial charge in [-0.3, -0.25) is 0 Å². The van der Waals surface area contributed by atoms with Crippen molar-refractivity contribution >= 4 is 22.3 Å². The van der Waals surface area contributed by atoms with E-state index in [1.165, 1.54) is 6.33 Å². The van der Waals surface area contributed by atoms with Gasteiger partial charge < -0.3 is 10.1 Å². The zero-order valence-electron chi connectivity index (χ0n) is 13.0. The van der Waals surface area contributed by atoms with Crippen LogP contribution in [0.2, 0.25) is 0 Å². The Morgan fingerprint density at radius 1 is 1.04 bits per heavy atom. The predicted octanol–water partition coefficient (Wildman–Crippen LogP) is 3.57. The lowest BCUT2D eigenvalue weighted by Crippen LogP contribution is -2.00. The van der Waals surface area contributed by atoms with E-state index in [1.54, 1.807) is 13.3 Å². The molecule has 0 bridgehead atoms. The number of nitrogens with zero attached hydrogens (tertiary/aromatic N) is 4. The third kappa shape index (κ3) is 2.54. The van der Waals surface area contributed by atoms with Crippen LogP contribution in [0.1, 0.15) is 0 Å². The van der Waals surface area contributed by atoms with Crippen LogP contribution in [0.4, 0.5) is 11.4 Å². The summed E-state index contributed by atoms with van der Waals surface area (Å²) in [6.07, 6.45) is 5.17. The summed E-state index contributed by atoms with van der Waals surface area (Å²) < 4.78 is 7.15. The molecular weight excluding hydrogens is 302 g/mol. The van der Waals surface area contributed by atoms with Gasteiger partial charge in [0.1, 0.15) is 6.33 Å². The number of benzene rings is 2. The van der Waals surface area contributed by atoms with Crippen LogP contribution in [0, 0.1) is 0 Å². The minimum Gasteiger partial charge on any atom is -0.480 e. The average molecular weight is 317 g/mol. The Morgan fingerprint density at radius 2 is 1.96 bits per heavy atom. The van der Waals surface area contributed by atoms with Crippen LogP contribution in [0.25, 0.3) is 16.6 Å². The first-order valence-electron chi connectivity index (χ1n) is 7.50. The van der Waals surface area contributed by atoms with Crippen LogP contribution in [0.3, 0.4) is 0 Å². The van der Waals surface area contributed by atoms with E-state index in [0.29, 0.717) is 5.88 Å². The lowest BCUT2D eigenvalue weighted by Gasteiger charge is -2.13. The molecule has 0 saturated carbocycles. The third-order valence-electron chi connectivity index (χ3n) is 3.73. The van der Waals surface area contributed by atoms with Gasteiger partial charge in [-0.1, -0.05) is 12.1 Å². The smallest absolute Gasteiger partial charge is 0.224 e.